The van der Waals surface area contributed by atoms with E-state index >= 15 is 0 Å². The zero-order chi connectivity index (χ0) is 13.1. The van der Waals surface area contributed by atoms with Crippen LogP contribution in [0.5, 0.6) is 0 Å². The van der Waals surface area contributed by atoms with Crippen LogP contribution in [-0.4, -0.2) is 16.5 Å². The molecular formula is C14H21BrN2O. The topological polar surface area (TPSA) is 34.0 Å². The molecule has 4 heteroatoms. The number of halogens is 1. The quantitative estimate of drug-likeness (QED) is 0.886. The average molecular weight is 313 g/mol. The maximum Gasteiger partial charge on any atom is 0.268 e. The van der Waals surface area contributed by atoms with E-state index in [4.69, 9.17) is 0 Å². The predicted molar refractivity (Wildman–Crippen MR) is 76.7 cm³/mol. The van der Waals surface area contributed by atoms with Crippen molar-refractivity contribution in [1.29, 1.82) is 0 Å². The standard InChI is InChI=1S/C14H21BrN2O/c1-3-7-17-9-12(15)8-13(17)14(18)16-10(2)11-5-4-6-11/h8-11H,3-7H2,1-2H3,(H,16,18). The molecule has 100 valence electrons. The first kappa shape index (κ1) is 13.7. The van der Waals surface area contributed by atoms with Crippen molar-refractivity contribution in [3.63, 3.8) is 0 Å². The second-order valence-electron chi connectivity index (χ2n) is 5.19. The first-order valence-corrected chi connectivity index (χ1v) is 7.57. The Morgan fingerprint density at radius 2 is 2.33 bits per heavy atom. The van der Waals surface area contributed by atoms with Gasteiger partial charge in [-0.15, -0.1) is 0 Å². The summed E-state index contributed by atoms with van der Waals surface area (Å²) >= 11 is 3.44. The molecule has 1 unspecified atom stereocenters. The van der Waals surface area contributed by atoms with Gasteiger partial charge in [-0.1, -0.05) is 13.3 Å². The highest BCUT2D eigenvalue weighted by molar-refractivity contribution is 9.10. The Hall–Kier alpha value is -0.770. The van der Waals surface area contributed by atoms with Gasteiger partial charge in [0.2, 0.25) is 0 Å². The summed E-state index contributed by atoms with van der Waals surface area (Å²) in [4.78, 5) is 12.3. The van der Waals surface area contributed by atoms with Gasteiger partial charge in [0.05, 0.1) is 0 Å². The van der Waals surface area contributed by atoms with Crippen LogP contribution in [0.15, 0.2) is 16.7 Å². The van der Waals surface area contributed by atoms with Crippen molar-refractivity contribution >= 4 is 21.8 Å². The molecule has 1 N–H and O–H groups in total. The number of nitrogens with one attached hydrogen (secondary N) is 1. The first-order valence-electron chi connectivity index (χ1n) is 6.78. The molecule has 1 fully saturated rings. The molecule has 0 spiro atoms. The summed E-state index contributed by atoms with van der Waals surface area (Å²) in [5.41, 5.74) is 0.759. The Morgan fingerprint density at radius 3 is 2.89 bits per heavy atom. The van der Waals surface area contributed by atoms with Gasteiger partial charge < -0.3 is 9.88 Å². The summed E-state index contributed by atoms with van der Waals surface area (Å²) in [5.74, 6) is 0.723. The van der Waals surface area contributed by atoms with Gasteiger partial charge in [0.15, 0.2) is 0 Å². The van der Waals surface area contributed by atoms with Gasteiger partial charge in [0, 0.05) is 23.3 Å². The minimum Gasteiger partial charge on any atom is -0.348 e. The molecule has 0 aliphatic heterocycles. The molecule has 1 aliphatic rings. The lowest BCUT2D eigenvalue weighted by Gasteiger charge is -2.31. The number of aryl methyl sites for hydroxylation is 1. The van der Waals surface area contributed by atoms with E-state index in [1.807, 2.05) is 16.8 Å². The molecular weight excluding hydrogens is 292 g/mol. The summed E-state index contributed by atoms with van der Waals surface area (Å²) in [6.07, 6.45) is 6.82. The third-order valence-electron chi connectivity index (χ3n) is 3.78. The fourth-order valence-corrected chi connectivity index (χ4v) is 2.89. The number of rotatable bonds is 5. The molecule has 0 saturated heterocycles. The van der Waals surface area contributed by atoms with E-state index in [2.05, 4.69) is 35.1 Å². The van der Waals surface area contributed by atoms with Crippen molar-refractivity contribution in [2.75, 3.05) is 0 Å². The van der Waals surface area contributed by atoms with E-state index in [1.54, 1.807) is 0 Å². The fourth-order valence-electron chi connectivity index (χ4n) is 2.43. The minimum absolute atomic E-state index is 0.0496. The van der Waals surface area contributed by atoms with Gasteiger partial charge >= 0.3 is 0 Å². The Labute approximate surface area is 117 Å². The molecule has 1 aromatic heterocycles. The van der Waals surface area contributed by atoms with E-state index < -0.39 is 0 Å². The van der Waals surface area contributed by atoms with Crippen LogP contribution in [0, 0.1) is 5.92 Å². The molecule has 1 saturated carbocycles. The summed E-state index contributed by atoms with van der Waals surface area (Å²) in [7, 11) is 0. The van der Waals surface area contributed by atoms with Crippen molar-refractivity contribution < 1.29 is 4.79 Å². The lowest BCUT2D eigenvalue weighted by atomic mass is 9.80. The van der Waals surface area contributed by atoms with Gasteiger partial charge in [-0.3, -0.25) is 4.79 Å². The molecule has 1 aliphatic carbocycles. The van der Waals surface area contributed by atoms with Crippen LogP contribution >= 0.6 is 15.9 Å². The number of carbonyl (C=O) groups excluding carboxylic acids is 1. The van der Waals surface area contributed by atoms with Crippen molar-refractivity contribution in [3.05, 3.63) is 22.4 Å². The van der Waals surface area contributed by atoms with Crippen LogP contribution in [0.1, 0.15) is 50.0 Å². The van der Waals surface area contributed by atoms with Crippen molar-refractivity contribution in [3.8, 4) is 0 Å². The molecule has 18 heavy (non-hydrogen) atoms. The molecule has 3 nitrogen and oxygen atoms in total. The number of carbonyl (C=O) groups is 1. The highest BCUT2D eigenvalue weighted by Crippen LogP contribution is 2.29. The SMILES string of the molecule is CCCn1cc(Br)cc1C(=O)NC(C)C1CCC1. The lowest BCUT2D eigenvalue weighted by Crippen LogP contribution is -2.41. The van der Waals surface area contributed by atoms with E-state index in [9.17, 15) is 4.79 Å². The number of aromatic nitrogens is 1. The Morgan fingerprint density at radius 1 is 1.61 bits per heavy atom. The first-order chi connectivity index (χ1) is 8.61. The van der Waals surface area contributed by atoms with E-state index in [0.717, 1.165) is 23.1 Å². The van der Waals surface area contributed by atoms with Crippen molar-refractivity contribution in [2.45, 2.75) is 52.1 Å². The Kier molecular flexibility index (Phi) is 4.49. The molecule has 1 aromatic rings. The highest BCUT2D eigenvalue weighted by Gasteiger charge is 2.26. The second-order valence-corrected chi connectivity index (χ2v) is 6.11. The molecule has 0 aromatic carbocycles. The molecule has 2 rings (SSSR count). The van der Waals surface area contributed by atoms with Crippen molar-refractivity contribution in [1.82, 2.24) is 9.88 Å². The highest BCUT2D eigenvalue weighted by atomic mass is 79.9. The minimum atomic E-state index is 0.0496. The van der Waals surface area contributed by atoms with Gasteiger partial charge in [-0.25, -0.2) is 0 Å². The lowest BCUT2D eigenvalue weighted by molar-refractivity contribution is 0.0899. The van der Waals surface area contributed by atoms with Crippen LogP contribution in [0.3, 0.4) is 0 Å². The molecule has 1 atom stereocenters. The second kappa shape index (κ2) is 5.91. The van der Waals surface area contributed by atoms with Crippen LogP contribution in [0.4, 0.5) is 0 Å². The van der Waals surface area contributed by atoms with Crippen LogP contribution < -0.4 is 5.32 Å². The smallest absolute Gasteiger partial charge is 0.268 e. The summed E-state index contributed by atoms with van der Waals surface area (Å²) in [6.45, 7) is 5.11. The predicted octanol–water partition coefficient (Wildman–Crippen LogP) is 3.58. The van der Waals surface area contributed by atoms with Gasteiger partial charge in [-0.2, -0.15) is 0 Å². The summed E-state index contributed by atoms with van der Waals surface area (Å²) in [6, 6.07) is 2.19. The van der Waals surface area contributed by atoms with E-state index in [1.165, 1.54) is 19.3 Å². The summed E-state index contributed by atoms with van der Waals surface area (Å²) in [5, 5.41) is 3.13. The number of nitrogens with zero attached hydrogens (tertiary/aromatic N) is 1. The largest absolute Gasteiger partial charge is 0.348 e. The van der Waals surface area contributed by atoms with Crippen LogP contribution in [0.2, 0.25) is 0 Å². The van der Waals surface area contributed by atoms with Crippen LogP contribution in [0.25, 0.3) is 0 Å². The van der Waals surface area contributed by atoms with Crippen molar-refractivity contribution in [2.24, 2.45) is 5.92 Å². The van der Waals surface area contributed by atoms with Gasteiger partial charge in [0.1, 0.15) is 5.69 Å². The fraction of sp³-hybridized carbons (Fsp3) is 0.643. The maximum absolute atomic E-state index is 12.3. The molecule has 0 bridgehead atoms. The van der Waals surface area contributed by atoms with Gasteiger partial charge in [-0.05, 0) is 54.1 Å². The molecule has 1 amide bonds. The normalized spacial score (nSPS) is 17.3. The van der Waals surface area contributed by atoms with Crippen LogP contribution in [-0.2, 0) is 6.54 Å². The monoisotopic (exact) mass is 312 g/mol. The summed E-state index contributed by atoms with van der Waals surface area (Å²) < 4.78 is 2.99. The number of hydrogen-bond acceptors (Lipinski definition) is 1. The molecule has 0 radical (unpaired) electrons. The maximum atomic E-state index is 12.3. The van der Waals surface area contributed by atoms with Gasteiger partial charge in [0.25, 0.3) is 5.91 Å². The zero-order valence-corrected chi connectivity index (χ0v) is 12.7. The number of hydrogen-bond donors (Lipinski definition) is 1. The number of amides is 1. The zero-order valence-electron chi connectivity index (χ0n) is 11.1. The van der Waals surface area contributed by atoms with E-state index in [-0.39, 0.29) is 11.9 Å². The third kappa shape index (κ3) is 2.97. The Balaban J connectivity index is 2.02. The average Bonchev–Trinajstić information content (AvgIpc) is 2.57. The molecule has 1 heterocycles. The Bertz CT molecular complexity index is 423. The third-order valence-corrected chi connectivity index (χ3v) is 4.21. The van der Waals surface area contributed by atoms with E-state index in [0.29, 0.717) is 5.92 Å².